The van der Waals surface area contributed by atoms with Crippen LogP contribution in [0.5, 0.6) is 5.75 Å². The zero-order chi connectivity index (χ0) is 8.97. The van der Waals surface area contributed by atoms with Crippen molar-refractivity contribution in [2.45, 2.75) is 19.1 Å². The Morgan fingerprint density at radius 3 is 2.75 bits per heavy atom. The molecule has 0 bridgehead atoms. The Bertz CT molecular complexity index is 248. The van der Waals surface area contributed by atoms with Gasteiger partial charge in [-0.2, -0.15) is 0 Å². The number of phenols is 1. The van der Waals surface area contributed by atoms with Gasteiger partial charge < -0.3 is 15.9 Å². The van der Waals surface area contributed by atoms with Crippen LogP contribution >= 0.6 is 0 Å². The van der Waals surface area contributed by atoms with Gasteiger partial charge in [-0.05, 0) is 30.5 Å². The molecule has 0 aliphatic carbocycles. The van der Waals surface area contributed by atoms with Crippen molar-refractivity contribution in [3.05, 3.63) is 29.8 Å². The van der Waals surface area contributed by atoms with Gasteiger partial charge in [0.15, 0.2) is 0 Å². The summed E-state index contributed by atoms with van der Waals surface area (Å²) in [7, 11) is 0. The van der Waals surface area contributed by atoms with E-state index in [9.17, 15) is 0 Å². The molecular formula is C9H13NO2. The third-order valence-corrected chi connectivity index (χ3v) is 1.64. The number of aryl methyl sites for hydroxylation is 1. The lowest BCUT2D eigenvalue weighted by molar-refractivity contribution is 0.172. The van der Waals surface area contributed by atoms with Gasteiger partial charge in [-0.15, -0.1) is 0 Å². The molecule has 0 fully saturated rings. The minimum atomic E-state index is -0.771. The van der Waals surface area contributed by atoms with Gasteiger partial charge in [0.05, 0.1) is 0 Å². The van der Waals surface area contributed by atoms with E-state index in [0.717, 1.165) is 5.56 Å². The highest BCUT2D eigenvalue weighted by molar-refractivity contribution is 5.27. The smallest absolute Gasteiger partial charge is 0.115 e. The van der Waals surface area contributed by atoms with Crippen molar-refractivity contribution in [1.82, 2.24) is 0 Å². The molecule has 1 aromatic carbocycles. The fourth-order valence-electron chi connectivity index (χ4n) is 1.03. The number of aliphatic hydroxyl groups is 1. The molecule has 0 saturated carbocycles. The number of rotatable bonds is 3. The van der Waals surface area contributed by atoms with Crippen LogP contribution in [0.2, 0.25) is 0 Å². The highest BCUT2D eigenvalue weighted by Crippen LogP contribution is 2.12. The third-order valence-electron chi connectivity index (χ3n) is 1.64. The van der Waals surface area contributed by atoms with Crippen LogP contribution in [0.25, 0.3) is 0 Å². The zero-order valence-electron chi connectivity index (χ0n) is 6.77. The van der Waals surface area contributed by atoms with Crippen LogP contribution in [-0.2, 0) is 6.42 Å². The number of phenolic OH excluding ortho intramolecular Hbond substituents is 1. The zero-order valence-corrected chi connectivity index (χ0v) is 6.77. The molecule has 0 saturated heterocycles. The van der Waals surface area contributed by atoms with Gasteiger partial charge >= 0.3 is 0 Å². The fourth-order valence-corrected chi connectivity index (χ4v) is 1.03. The van der Waals surface area contributed by atoms with Crippen LogP contribution in [-0.4, -0.2) is 16.4 Å². The molecule has 4 N–H and O–H groups in total. The largest absolute Gasteiger partial charge is 0.508 e. The maximum absolute atomic E-state index is 9.08. The van der Waals surface area contributed by atoms with Gasteiger partial charge in [-0.1, -0.05) is 12.1 Å². The number of nitrogens with two attached hydrogens (primary N) is 1. The van der Waals surface area contributed by atoms with Gasteiger partial charge in [-0.3, -0.25) is 0 Å². The van der Waals surface area contributed by atoms with Crippen molar-refractivity contribution in [2.24, 2.45) is 5.73 Å². The molecule has 0 unspecified atom stereocenters. The third kappa shape index (κ3) is 2.90. The van der Waals surface area contributed by atoms with E-state index in [-0.39, 0.29) is 5.75 Å². The molecule has 3 nitrogen and oxygen atoms in total. The number of benzene rings is 1. The number of hydrogen-bond acceptors (Lipinski definition) is 3. The van der Waals surface area contributed by atoms with Crippen LogP contribution in [0.15, 0.2) is 24.3 Å². The topological polar surface area (TPSA) is 66.5 Å². The van der Waals surface area contributed by atoms with Gasteiger partial charge in [0, 0.05) is 0 Å². The summed E-state index contributed by atoms with van der Waals surface area (Å²) in [6, 6.07) is 6.94. The van der Waals surface area contributed by atoms with E-state index >= 15 is 0 Å². The normalized spacial score (nSPS) is 12.8. The first-order valence-electron chi connectivity index (χ1n) is 3.90. The predicted molar refractivity (Wildman–Crippen MR) is 46.6 cm³/mol. The number of hydrogen-bond donors (Lipinski definition) is 3. The van der Waals surface area contributed by atoms with E-state index in [2.05, 4.69) is 0 Å². The summed E-state index contributed by atoms with van der Waals surface area (Å²) in [6.07, 6.45) is 0.433. The second-order valence-corrected chi connectivity index (χ2v) is 2.78. The number of aliphatic hydroxyl groups excluding tert-OH is 1. The van der Waals surface area contributed by atoms with Crippen molar-refractivity contribution in [2.75, 3.05) is 0 Å². The van der Waals surface area contributed by atoms with Crippen molar-refractivity contribution in [3.63, 3.8) is 0 Å². The van der Waals surface area contributed by atoms with Crippen LogP contribution in [0, 0.1) is 0 Å². The van der Waals surface area contributed by atoms with Gasteiger partial charge in [0.1, 0.15) is 12.0 Å². The first-order chi connectivity index (χ1) is 5.68. The van der Waals surface area contributed by atoms with E-state index in [1.807, 2.05) is 6.07 Å². The Kier molecular flexibility index (Phi) is 3.08. The summed E-state index contributed by atoms with van der Waals surface area (Å²) in [4.78, 5) is 0. The summed E-state index contributed by atoms with van der Waals surface area (Å²) in [5, 5.41) is 17.9. The maximum Gasteiger partial charge on any atom is 0.115 e. The average molecular weight is 167 g/mol. The molecule has 1 atom stereocenters. The Morgan fingerprint density at radius 2 is 2.17 bits per heavy atom. The fraction of sp³-hybridized carbons (Fsp3) is 0.333. The Balaban J connectivity index is 2.52. The van der Waals surface area contributed by atoms with E-state index < -0.39 is 6.23 Å². The molecule has 0 aromatic heterocycles. The van der Waals surface area contributed by atoms with Crippen LogP contribution in [0.4, 0.5) is 0 Å². The van der Waals surface area contributed by atoms with Crippen molar-refractivity contribution in [3.8, 4) is 5.75 Å². The molecule has 1 rings (SSSR count). The molecule has 3 heteroatoms. The van der Waals surface area contributed by atoms with Gasteiger partial charge in [0.2, 0.25) is 0 Å². The molecule has 1 aromatic rings. The highest BCUT2D eigenvalue weighted by atomic mass is 16.3. The van der Waals surface area contributed by atoms with E-state index in [0.29, 0.717) is 12.8 Å². The van der Waals surface area contributed by atoms with E-state index in [4.69, 9.17) is 15.9 Å². The van der Waals surface area contributed by atoms with Crippen molar-refractivity contribution < 1.29 is 10.2 Å². The van der Waals surface area contributed by atoms with E-state index in [1.165, 1.54) is 0 Å². The van der Waals surface area contributed by atoms with Crippen molar-refractivity contribution in [1.29, 1.82) is 0 Å². The lowest BCUT2D eigenvalue weighted by Gasteiger charge is -2.03. The van der Waals surface area contributed by atoms with Crippen molar-refractivity contribution >= 4 is 0 Å². The summed E-state index contributed by atoms with van der Waals surface area (Å²) >= 11 is 0. The molecule has 66 valence electrons. The molecule has 0 radical (unpaired) electrons. The molecule has 0 spiro atoms. The SMILES string of the molecule is N[C@H](O)CCc1cccc(O)c1. The van der Waals surface area contributed by atoms with Crippen LogP contribution in [0.1, 0.15) is 12.0 Å². The molecule has 0 heterocycles. The summed E-state index contributed by atoms with van der Waals surface area (Å²) in [5.74, 6) is 0.249. The van der Waals surface area contributed by atoms with E-state index in [1.54, 1.807) is 18.2 Å². The second-order valence-electron chi connectivity index (χ2n) is 2.78. The average Bonchev–Trinajstić information content (AvgIpc) is 2.01. The first-order valence-corrected chi connectivity index (χ1v) is 3.90. The quantitative estimate of drug-likeness (QED) is 0.577. The standard InChI is InChI=1S/C9H13NO2/c10-9(12)5-4-7-2-1-3-8(11)6-7/h1-3,6,9,11-12H,4-5,10H2/t9-/m1/s1. The molecule has 0 aliphatic rings. The van der Waals surface area contributed by atoms with Gasteiger partial charge in [-0.25, -0.2) is 0 Å². The van der Waals surface area contributed by atoms with Crippen LogP contribution < -0.4 is 5.73 Å². The summed E-state index contributed by atoms with van der Waals surface area (Å²) in [6.45, 7) is 0. The first kappa shape index (κ1) is 9.03. The summed E-state index contributed by atoms with van der Waals surface area (Å²) in [5.41, 5.74) is 6.16. The Morgan fingerprint density at radius 1 is 1.42 bits per heavy atom. The number of aromatic hydroxyl groups is 1. The molecule has 12 heavy (non-hydrogen) atoms. The van der Waals surface area contributed by atoms with Gasteiger partial charge in [0.25, 0.3) is 0 Å². The maximum atomic E-state index is 9.08. The Labute approximate surface area is 71.5 Å². The lowest BCUT2D eigenvalue weighted by atomic mass is 10.1. The van der Waals surface area contributed by atoms with Crippen LogP contribution in [0.3, 0.4) is 0 Å². The molecule has 0 amide bonds. The molecule has 0 aliphatic heterocycles. The minimum absolute atomic E-state index is 0.249. The molecular weight excluding hydrogens is 154 g/mol. The summed E-state index contributed by atoms with van der Waals surface area (Å²) < 4.78 is 0. The predicted octanol–water partition coefficient (Wildman–Crippen LogP) is 0.602. The second kappa shape index (κ2) is 4.09. The monoisotopic (exact) mass is 167 g/mol. The minimum Gasteiger partial charge on any atom is -0.508 e. The highest BCUT2D eigenvalue weighted by Gasteiger charge is 1.98. The Hall–Kier alpha value is -1.06. The lowest BCUT2D eigenvalue weighted by Crippen LogP contribution is -2.19.